The summed E-state index contributed by atoms with van der Waals surface area (Å²) in [6.45, 7) is 4.81. The number of ether oxygens (including phenoxy) is 2. The Kier molecular flexibility index (Phi) is 12.5. The highest BCUT2D eigenvalue weighted by Crippen LogP contribution is 2.14. The highest BCUT2D eigenvalue weighted by molar-refractivity contribution is 5.85. The zero-order valence-corrected chi connectivity index (χ0v) is 13.6. The molecule has 0 aromatic heterocycles. The number of hydrogen-bond acceptors (Lipinski definition) is 5. The molecule has 0 saturated carbocycles. The van der Waals surface area contributed by atoms with Crippen LogP contribution in [-0.4, -0.2) is 50.8 Å². The van der Waals surface area contributed by atoms with Crippen molar-refractivity contribution in [2.75, 3.05) is 33.9 Å². The van der Waals surface area contributed by atoms with Crippen molar-refractivity contribution in [1.29, 1.82) is 0 Å². The Labute approximate surface area is 127 Å². The number of amides is 1. The summed E-state index contributed by atoms with van der Waals surface area (Å²) in [5.74, 6) is 0.358. The van der Waals surface area contributed by atoms with Crippen LogP contribution in [0.5, 0.6) is 0 Å². The minimum absolute atomic E-state index is 0. The van der Waals surface area contributed by atoms with E-state index >= 15 is 0 Å². The van der Waals surface area contributed by atoms with Crippen molar-refractivity contribution in [3.8, 4) is 0 Å². The van der Waals surface area contributed by atoms with Crippen LogP contribution in [0.1, 0.15) is 26.7 Å². The second-order valence-corrected chi connectivity index (χ2v) is 5.16. The predicted molar refractivity (Wildman–Crippen MR) is 79.9 cm³/mol. The molecule has 2 N–H and O–H groups in total. The van der Waals surface area contributed by atoms with Gasteiger partial charge in [0.05, 0.1) is 0 Å². The second kappa shape index (κ2) is 11.8. The molecule has 0 aromatic carbocycles. The monoisotopic (exact) mass is 310 g/mol. The zero-order chi connectivity index (χ0) is 14.8. The van der Waals surface area contributed by atoms with E-state index in [2.05, 4.69) is 13.8 Å². The summed E-state index contributed by atoms with van der Waals surface area (Å²) in [7, 11) is 3.18. The molecule has 120 valence electrons. The first-order chi connectivity index (χ1) is 8.86. The Morgan fingerprint density at radius 1 is 1.15 bits per heavy atom. The number of esters is 1. The lowest BCUT2D eigenvalue weighted by Gasteiger charge is -2.16. The summed E-state index contributed by atoms with van der Waals surface area (Å²) >= 11 is 0. The molecular weight excluding hydrogens is 284 g/mol. The largest absolute Gasteiger partial charge is 0.462 e. The van der Waals surface area contributed by atoms with Crippen LogP contribution in [0, 0.1) is 11.8 Å². The van der Waals surface area contributed by atoms with E-state index < -0.39 is 6.09 Å². The molecule has 20 heavy (non-hydrogen) atoms. The molecule has 0 radical (unpaired) electrons. The van der Waals surface area contributed by atoms with Gasteiger partial charge in [-0.15, -0.1) is 12.4 Å². The van der Waals surface area contributed by atoms with E-state index in [1.54, 1.807) is 14.1 Å². The van der Waals surface area contributed by atoms with Gasteiger partial charge in [-0.25, -0.2) is 4.79 Å². The lowest BCUT2D eigenvalue weighted by Crippen LogP contribution is -2.25. The van der Waals surface area contributed by atoms with Crippen LogP contribution in [0.4, 0.5) is 4.79 Å². The molecule has 6 nitrogen and oxygen atoms in total. The minimum Gasteiger partial charge on any atom is -0.462 e. The number of halogens is 1. The van der Waals surface area contributed by atoms with Gasteiger partial charge in [0, 0.05) is 20.5 Å². The first-order valence-corrected chi connectivity index (χ1v) is 6.56. The summed E-state index contributed by atoms with van der Waals surface area (Å²) < 4.78 is 9.83. The molecule has 1 amide bonds. The van der Waals surface area contributed by atoms with Crippen LogP contribution in [0.25, 0.3) is 0 Å². The Morgan fingerprint density at radius 3 is 2.15 bits per heavy atom. The van der Waals surface area contributed by atoms with Gasteiger partial charge in [-0.05, 0) is 24.8 Å². The number of carbonyl (C=O) groups is 2. The predicted octanol–water partition coefficient (Wildman–Crippen LogP) is 1.66. The lowest BCUT2D eigenvalue weighted by atomic mass is 9.94. The highest BCUT2D eigenvalue weighted by Gasteiger charge is 2.15. The Bertz CT molecular complexity index is 286. The number of nitrogens with two attached hydrogens (primary N) is 1. The lowest BCUT2D eigenvalue weighted by molar-refractivity contribution is -0.145. The summed E-state index contributed by atoms with van der Waals surface area (Å²) in [5.41, 5.74) is 5.61. The van der Waals surface area contributed by atoms with Crippen molar-refractivity contribution < 1.29 is 19.1 Å². The molecule has 0 aliphatic heterocycles. The fourth-order valence-corrected chi connectivity index (χ4v) is 1.64. The highest BCUT2D eigenvalue weighted by atomic mass is 35.5. The molecule has 0 aliphatic carbocycles. The summed E-state index contributed by atoms with van der Waals surface area (Å²) in [5, 5.41) is 0. The van der Waals surface area contributed by atoms with Crippen LogP contribution in [-0.2, 0) is 14.3 Å². The molecular formula is C13H27ClN2O4. The third kappa shape index (κ3) is 10.9. The van der Waals surface area contributed by atoms with Crippen molar-refractivity contribution >= 4 is 24.5 Å². The Morgan fingerprint density at radius 2 is 1.70 bits per heavy atom. The van der Waals surface area contributed by atoms with Crippen LogP contribution < -0.4 is 5.73 Å². The third-order valence-corrected chi connectivity index (χ3v) is 2.53. The maximum absolute atomic E-state index is 11.5. The van der Waals surface area contributed by atoms with E-state index in [4.69, 9.17) is 15.2 Å². The molecule has 0 spiro atoms. The number of nitrogens with zero attached hydrogens (tertiary/aromatic N) is 1. The molecule has 0 bridgehead atoms. The quantitative estimate of drug-likeness (QED) is 0.544. The van der Waals surface area contributed by atoms with Gasteiger partial charge < -0.3 is 20.1 Å². The van der Waals surface area contributed by atoms with Crippen molar-refractivity contribution in [3.05, 3.63) is 0 Å². The molecule has 7 heteroatoms. The molecule has 0 fully saturated rings. The van der Waals surface area contributed by atoms with Crippen molar-refractivity contribution in [2.24, 2.45) is 17.6 Å². The topological polar surface area (TPSA) is 81.9 Å². The zero-order valence-electron chi connectivity index (χ0n) is 12.8. The normalized spacial score (nSPS) is 11.5. The van der Waals surface area contributed by atoms with Gasteiger partial charge in [-0.2, -0.15) is 0 Å². The third-order valence-electron chi connectivity index (χ3n) is 2.53. The standard InChI is InChI=1S/C13H26N2O4.ClH/c1-10(2)7-11(9-14)8-12(16)18-5-6-19-13(17)15(3)4;/h10-11H,5-9,14H2,1-4H3;1H/t11-;/m0./s1. The van der Waals surface area contributed by atoms with E-state index in [1.165, 1.54) is 4.90 Å². The first kappa shape index (κ1) is 21.3. The van der Waals surface area contributed by atoms with Gasteiger partial charge in [-0.3, -0.25) is 4.79 Å². The van der Waals surface area contributed by atoms with E-state index in [0.29, 0.717) is 18.9 Å². The number of rotatable bonds is 8. The van der Waals surface area contributed by atoms with Crippen molar-refractivity contribution in [1.82, 2.24) is 4.90 Å². The minimum atomic E-state index is -0.448. The second-order valence-electron chi connectivity index (χ2n) is 5.16. The molecule has 0 unspecified atom stereocenters. The summed E-state index contributed by atoms with van der Waals surface area (Å²) in [4.78, 5) is 23.9. The maximum atomic E-state index is 11.5. The SMILES string of the molecule is CC(C)C[C@H](CN)CC(=O)OCCOC(=O)N(C)C.Cl. The van der Waals surface area contributed by atoms with Gasteiger partial charge >= 0.3 is 12.1 Å². The van der Waals surface area contributed by atoms with Gasteiger partial charge in [0.2, 0.25) is 0 Å². The molecule has 1 atom stereocenters. The van der Waals surface area contributed by atoms with Crippen LogP contribution >= 0.6 is 12.4 Å². The van der Waals surface area contributed by atoms with Gasteiger partial charge in [0.1, 0.15) is 13.2 Å². The van der Waals surface area contributed by atoms with E-state index in [1.807, 2.05) is 0 Å². The van der Waals surface area contributed by atoms with Gasteiger partial charge in [-0.1, -0.05) is 13.8 Å². The molecule has 0 aliphatic rings. The summed E-state index contributed by atoms with van der Waals surface area (Å²) in [6.07, 6.45) is 0.771. The Balaban J connectivity index is 0. The van der Waals surface area contributed by atoms with Crippen LogP contribution in [0.2, 0.25) is 0 Å². The van der Waals surface area contributed by atoms with Crippen molar-refractivity contribution in [2.45, 2.75) is 26.7 Å². The van der Waals surface area contributed by atoms with Gasteiger partial charge in [0.15, 0.2) is 0 Å². The summed E-state index contributed by atoms with van der Waals surface area (Å²) in [6, 6.07) is 0. The van der Waals surface area contributed by atoms with Crippen LogP contribution in [0.3, 0.4) is 0 Å². The fraction of sp³-hybridized carbons (Fsp3) is 0.846. The van der Waals surface area contributed by atoms with E-state index in [9.17, 15) is 9.59 Å². The smallest absolute Gasteiger partial charge is 0.409 e. The van der Waals surface area contributed by atoms with E-state index in [-0.39, 0.29) is 37.5 Å². The number of carbonyl (C=O) groups excluding carboxylic acids is 2. The van der Waals surface area contributed by atoms with E-state index in [0.717, 1.165) is 6.42 Å². The molecule has 0 rings (SSSR count). The molecule has 0 aromatic rings. The van der Waals surface area contributed by atoms with Crippen molar-refractivity contribution in [3.63, 3.8) is 0 Å². The first-order valence-electron chi connectivity index (χ1n) is 6.56. The maximum Gasteiger partial charge on any atom is 0.409 e. The molecule has 0 heterocycles. The van der Waals surface area contributed by atoms with Gasteiger partial charge in [0.25, 0.3) is 0 Å². The average molecular weight is 311 g/mol. The molecule has 0 saturated heterocycles. The fourth-order valence-electron chi connectivity index (χ4n) is 1.64. The number of hydrogen-bond donors (Lipinski definition) is 1. The van der Waals surface area contributed by atoms with Crippen LogP contribution in [0.15, 0.2) is 0 Å². The average Bonchev–Trinajstić information content (AvgIpc) is 2.32. The Hall–Kier alpha value is -1.01.